The molecule has 2 aliphatic heterocycles. The van der Waals surface area contributed by atoms with Crippen molar-refractivity contribution in [2.24, 2.45) is 5.92 Å². The zero-order valence-electron chi connectivity index (χ0n) is 12.6. The Hall–Kier alpha value is -1.16. The molecule has 2 heterocycles. The van der Waals surface area contributed by atoms with Gasteiger partial charge in [-0.3, -0.25) is 4.55 Å². The summed E-state index contributed by atoms with van der Waals surface area (Å²) in [6.07, 6.45) is 1.86. The zero-order chi connectivity index (χ0) is 16.7. The Morgan fingerprint density at radius 1 is 1.35 bits per heavy atom. The molecule has 2 N–H and O–H groups in total. The van der Waals surface area contributed by atoms with Crippen LogP contribution >= 0.6 is 0 Å². The number of ether oxygens (including phenoxy) is 1. The van der Waals surface area contributed by atoms with E-state index in [1.165, 1.54) is 18.2 Å². The van der Waals surface area contributed by atoms with Crippen molar-refractivity contribution in [2.45, 2.75) is 22.6 Å². The van der Waals surface area contributed by atoms with Gasteiger partial charge in [0.25, 0.3) is 10.1 Å². The Balaban J connectivity index is 1.98. The van der Waals surface area contributed by atoms with E-state index in [-0.39, 0.29) is 10.6 Å². The van der Waals surface area contributed by atoms with Crippen LogP contribution in [0.15, 0.2) is 28.0 Å². The summed E-state index contributed by atoms with van der Waals surface area (Å²) >= 11 is 0. The van der Waals surface area contributed by atoms with E-state index in [4.69, 9.17) is 9.52 Å². The average Bonchev–Trinajstić information content (AvgIpc) is 2.50. The summed E-state index contributed by atoms with van der Waals surface area (Å²) in [6.45, 7) is 2.58. The smallest absolute Gasteiger partial charge is 0.294 e. The average molecular weight is 360 g/mol. The lowest BCUT2D eigenvalue weighted by Crippen LogP contribution is -2.39. The Morgan fingerprint density at radius 2 is 2.04 bits per heavy atom. The molecule has 0 bridgehead atoms. The van der Waals surface area contributed by atoms with E-state index in [1.807, 2.05) is 4.90 Å². The molecule has 3 rings (SSSR count). The van der Waals surface area contributed by atoms with E-state index >= 15 is 0 Å². The Bertz CT molecular complexity index is 798. The van der Waals surface area contributed by atoms with E-state index in [0.717, 1.165) is 12.8 Å². The number of hydrogen-bond donors (Lipinski definition) is 2. The first-order valence-electron chi connectivity index (χ1n) is 7.48. The van der Waals surface area contributed by atoms with Gasteiger partial charge in [0.05, 0.1) is 31.0 Å². The van der Waals surface area contributed by atoms with Crippen LogP contribution in [0.3, 0.4) is 0 Å². The van der Waals surface area contributed by atoms with Crippen molar-refractivity contribution in [1.82, 2.24) is 0 Å². The van der Waals surface area contributed by atoms with Crippen LogP contribution < -0.4 is 4.90 Å². The molecule has 0 aliphatic carbocycles. The van der Waals surface area contributed by atoms with Crippen LogP contribution in [0.4, 0.5) is 5.69 Å². The molecule has 1 aromatic carbocycles. The SMILES string of the molecule is N=S1(=O)CCN(CC2CCOCC2)c2cc(S(=O)(=O)O)ccc21. The Labute approximate surface area is 136 Å². The van der Waals surface area contributed by atoms with Crippen LogP contribution in [-0.4, -0.2) is 49.2 Å². The topological polar surface area (TPSA) is 108 Å². The van der Waals surface area contributed by atoms with Gasteiger partial charge in [-0.1, -0.05) is 0 Å². The van der Waals surface area contributed by atoms with Gasteiger partial charge in [0.15, 0.2) is 0 Å². The minimum Gasteiger partial charge on any atom is -0.381 e. The molecule has 1 saturated heterocycles. The van der Waals surface area contributed by atoms with E-state index in [2.05, 4.69) is 0 Å². The summed E-state index contributed by atoms with van der Waals surface area (Å²) in [6, 6.07) is 3.93. The molecule has 2 aliphatic rings. The molecule has 0 radical (unpaired) electrons. The predicted molar refractivity (Wildman–Crippen MR) is 86.0 cm³/mol. The molecule has 23 heavy (non-hydrogen) atoms. The highest BCUT2D eigenvalue weighted by Gasteiger charge is 2.29. The fourth-order valence-electron chi connectivity index (χ4n) is 3.08. The first-order chi connectivity index (χ1) is 10.8. The minimum absolute atomic E-state index is 0.231. The van der Waals surface area contributed by atoms with Gasteiger partial charge in [0.2, 0.25) is 0 Å². The van der Waals surface area contributed by atoms with Gasteiger partial charge in [0.1, 0.15) is 0 Å². The second-order valence-corrected chi connectivity index (χ2v) is 9.61. The summed E-state index contributed by atoms with van der Waals surface area (Å²) in [5.41, 5.74) is 0.484. The highest BCUT2D eigenvalue weighted by atomic mass is 32.2. The van der Waals surface area contributed by atoms with E-state index in [1.54, 1.807) is 0 Å². The molecule has 1 fully saturated rings. The standard InChI is InChI=1S/C14H20N2O5S2/c15-22(17)8-5-16(10-11-3-6-21-7-4-11)13-9-12(23(18,19)20)1-2-14(13)22/h1-2,9,11,15H,3-8,10H2,(H,18,19,20). The zero-order valence-corrected chi connectivity index (χ0v) is 14.2. The van der Waals surface area contributed by atoms with Crippen molar-refractivity contribution < 1.29 is 21.9 Å². The van der Waals surface area contributed by atoms with Crippen LogP contribution in [0.25, 0.3) is 0 Å². The Morgan fingerprint density at radius 3 is 2.70 bits per heavy atom. The van der Waals surface area contributed by atoms with Gasteiger partial charge in [0, 0.05) is 26.3 Å². The molecule has 0 amide bonds. The fraction of sp³-hybridized carbons (Fsp3) is 0.571. The van der Waals surface area contributed by atoms with E-state index < -0.39 is 19.8 Å². The predicted octanol–water partition coefficient (Wildman–Crippen LogP) is 1.59. The van der Waals surface area contributed by atoms with Crippen molar-refractivity contribution >= 4 is 25.5 Å². The van der Waals surface area contributed by atoms with E-state index in [0.29, 0.717) is 42.8 Å². The number of anilines is 1. The van der Waals surface area contributed by atoms with Crippen molar-refractivity contribution in [3.63, 3.8) is 0 Å². The van der Waals surface area contributed by atoms with Crippen LogP contribution in [-0.2, 0) is 24.6 Å². The normalized spacial score (nSPS) is 26.0. The van der Waals surface area contributed by atoms with Gasteiger partial charge in [-0.15, -0.1) is 0 Å². The monoisotopic (exact) mass is 360 g/mol. The lowest BCUT2D eigenvalue weighted by atomic mass is 9.99. The Kier molecular flexibility index (Phi) is 4.39. The molecule has 1 atom stereocenters. The highest BCUT2D eigenvalue weighted by Crippen LogP contribution is 2.34. The van der Waals surface area contributed by atoms with Gasteiger partial charge in [-0.05, 0) is 37.0 Å². The van der Waals surface area contributed by atoms with Gasteiger partial charge < -0.3 is 9.64 Å². The third kappa shape index (κ3) is 3.52. The lowest BCUT2D eigenvalue weighted by Gasteiger charge is -2.36. The number of benzene rings is 1. The number of hydrogen-bond acceptors (Lipinski definition) is 6. The van der Waals surface area contributed by atoms with E-state index in [9.17, 15) is 17.2 Å². The molecule has 0 aromatic heterocycles. The summed E-state index contributed by atoms with van der Waals surface area (Å²) in [7, 11) is -7.25. The third-order valence-corrected chi connectivity index (χ3v) is 7.06. The van der Waals surface area contributed by atoms with Crippen molar-refractivity contribution in [1.29, 1.82) is 4.78 Å². The number of fused-ring (bicyclic) bond motifs is 1. The van der Waals surface area contributed by atoms with Gasteiger partial charge in [-0.25, -0.2) is 8.99 Å². The largest absolute Gasteiger partial charge is 0.381 e. The number of nitrogens with zero attached hydrogens (tertiary/aromatic N) is 1. The maximum Gasteiger partial charge on any atom is 0.294 e. The fourth-order valence-corrected chi connectivity index (χ4v) is 5.09. The lowest BCUT2D eigenvalue weighted by molar-refractivity contribution is 0.0682. The highest BCUT2D eigenvalue weighted by molar-refractivity contribution is 7.92. The van der Waals surface area contributed by atoms with Gasteiger partial charge >= 0.3 is 0 Å². The minimum atomic E-state index is -4.33. The summed E-state index contributed by atoms with van der Waals surface area (Å²) in [4.78, 5) is 2.10. The number of nitrogens with one attached hydrogen (secondary N) is 1. The molecule has 0 spiro atoms. The number of rotatable bonds is 3. The molecule has 128 valence electrons. The van der Waals surface area contributed by atoms with Gasteiger partial charge in [-0.2, -0.15) is 8.42 Å². The van der Waals surface area contributed by atoms with Crippen LogP contribution in [0.2, 0.25) is 0 Å². The molecule has 9 heteroatoms. The third-order valence-electron chi connectivity index (χ3n) is 4.39. The maximum atomic E-state index is 12.4. The second kappa shape index (κ2) is 6.04. The second-order valence-electron chi connectivity index (χ2n) is 5.99. The molecule has 0 saturated carbocycles. The van der Waals surface area contributed by atoms with Crippen molar-refractivity contribution in [2.75, 3.05) is 37.0 Å². The summed E-state index contributed by atoms with van der Waals surface area (Å²) in [5.74, 6) is 0.653. The molecule has 7 nitrogen and oxygen atoms in total. The summed E-state index contributed by atoms with van der Waals surface area (Å²) < 4.78 is 57.8. The summed E-state index contributed by atoms with van der Waals surface area (Å²) in [5, 5.41) is 0. The van der Waals surface area contributed by atoms with Crippen LogP contribution in [0.5, 0.6) is 0 Å². The maximum absolute atomic E-state index is 12.4. The van der Waals surface area contributed by atoms with Crippen LogP contribution in [0.1, 0.15) is 12.8 Å². The van der Waals surface area contributed by atoms with Crippen LogP contribution in [0, 0.1) is 10.7 Å². The molecule has 1 aromatic rings. The first kappa shape index (κ1) is 16.7. The molecule has 1 unspecified atom stereocenters. The quantitative estimate of drug-likeness (QED) is 0.793. The first-order valence-corrected chi connectivity index (χ1v) is 10.6. The van der Waals surface area contributed by atoms with Crippen molar-refractivity contribution in [3.8, 4) is 0 Å². The molecular formula is C14H20N2O5S2. The molecular weight excluding hydrogens is 340 g/mol. The van der Waals surface area contributed by atoms with Crippen molar-refractivity contribution in [3.05, 3.63) is 18.2 Å².